The highest BCUT2D eigenvalue weighted by Crippen LogP contribution is 2.37. The quantitative estimate of drug-likeness (QED) is 0.0708. The summed E-state index contributed by atoms with van der Waals surface area (Å²) >= 11 is 12.0. The number of nitrogens with one attached hydrogen (secondary N) is 4. The van der Waals surface area contributed by atoms with E-state index >= 15 is 0 Å². The predicted molar refractivity (Wildman–Crippen MR) is 306 cm³/mol. The second-order valence-corrected chi connectivity index (χ2v) is 23.7. The number of carbonyl (C=O) groups excluding carboxylic acids is 2. The van der Waals surface area contributed by atoms with Crippen LogP contribution in [0, 0.1) is 35.3 Å². The van der Waals surface area contributed by atoms with Crippen LogP contribution in [0.4, 0.5) is 20.2 Å². The number of benzene rings is 4. The predicted octanol–water partition coefficient (Wildman–Crippen LogP) is 8.45. The van der Waals surface area contributed by atoms with E-state index < -0.39 is 31.7 Å². The van der Waals surface area contributed by atoms with Crippen molar-refractivity contribution in [2.75, 3.05) is 37.8 Å². The van der Waals surface area contributed by atoms with Gasteiger partial charge in [0.15, 0.2) is 0 Å². The fourth-order valence-corrected chi connectivity index (χ4v) is 13.7. The van der Waals surface area contributed by atoms with Gasteiger partial charge in [0.25, 0.3) is 31.2 Å². The van der Waals surface area contributed by atoms with E-state index in [9.17, 15) is 44.8 Å². The first-order chi connectivity index (χ1) is 39.2. The van der Waals surface area contributed by atoms with Crippen LogP contribution in [0.1, 0.15) is 38.5 Å². The molecule has 4 aromatic carbocycles. The molecule has 2 aliphatic rings. The first kappa shape index (κ1) is 58.6. The molecule has 2 saturated carbocycles. The van der Waals surface area contributed by atoms with Crippen molar-refractivity contribution in [3.63, 3.8) is 0 Å². The first-order valence-corrected chi connectivity index (χ1v) is 29.4. The number of hydrogen-bond acceptors (Lipinski definition) is 14. The van der Waals surface area contributed by atoms with Crippen LogP contribution in [-0.4, -0.2) is 86.0 Å². The number of pyridine rings is 2. The molecule has 4 heterocycles. The number of anilines is 2. The minimum Gasteiger partial charge on any atom is -0.480 e. The molecule has 82 heavy (non-hydrogen) atoms. The van der Waals surface area contributed by atoms with Gasteiger partial charge in [-0.15, -0.1) is 0 Å². The Morgan fingerprint density at radius 1 is 0.573 bits per heavy atom. The van der Waals surface area contributed by atoms with Crippen molar-refractivity contribution < 1.29 is 44.7 Å². The summed E-state index contributed by atoms with van der Waals surface area (Å²) in [7, 11) is -2.53. The second kappa shape index (κ2) is 24.6. The molecular formula is C56H54Cl2F2N10O10S2. The van der Waals surface area contributed by atoms with E-state index in [0.29, 0.717) is 57.1 Å². The second-order valence-electron chi connectivity index (χ2n) is 19.6. The average molecular weight is 1200 g/mol. The molecule has 2 amide bonds. The smallest absolute Gasteiger partial charge is 0.263 e. The van der Waals surface area contributed by atoms with Gasteiger partial charge >= 0.3 is 0 Å². The van der Waals surface area contributed by atoms with Crippen molar-refractivity contribution in [3.05, 3.63) is 152 Å². The fourth-order valence-electron chi connectivity index (χ4n) is 10.5. The van der Waals surface area contributed by atoms with Crippen LogP contribution in [0.15, 0.2) is 129 Å². The van der Waals surface area contributed by atoms with Gasteiger partial charge in [-0.2, -0.15) is 0 Å². The maximum absolute atomic E-state index is 13.5. The van der Waals surface area contributed by atoms with Crippen LogP contribution in [0.2, 0.25) is 10.0 Å². The Morgan fingerprint density at radius 3 is 1.34 bits per heavy atom. The van der Waals surface area contributed by atoms with Crippen molar-refractivity contribution in [2.45, 2.75) is 61.4 Å². The number of ether oxygens (including phenoxy) is 2. The summed E-state index contributed by atoms with van der Waals surface area (Å²) < 4.78 is 97.6. The number of methoxy groups -OCH3 is 2. The molecule has 428 valence electrons. The van der Waals surface area contributed by atoms with Crippen LogP contribution >= 0.6 is 23.2 Å². The highest BCUT2D eigenvalue weighted by atomic mass is 35.5. The Morgan fingerprint density at radius 2 is 0.976 bits per heavy atom. The van der Waals surface area contributed by atoms with Gasteiger partial charge in [0, 0.05) is 62.5 Å². The van der Waals surface area contributed by atoms with Crippen molar-refractivity contribution >= 4 is 88.2 Å². The Balaban J connectivity index is 0.000000198. The summed E-state index contributed by atoms with van der Waals surface area (Å²) in [6.07, 6.45) is 11.1. The Kier molecular flexibility index (Phi) is 17.6. The fraction of sp³-hybridized carbons (Fsp3) is 0.286. The minimum atomic E-state index is -4.22. The van der Waals surface area contributed by atoms with Crippen LogP contribution in [0.5, 0.6) is 11.8 Å². The van der Waals surface area contributed by atoms with Crippen molar-refractivity contribution in [2.24, 2.45) is 23.7 Å². The molecule has 0 spiro atoms. The van der Waals surface area contributed by atoms with Crippen molar-refractivity contribution in [1.29, 1.82) is 0 Å². The zero-order valence-electron chi connectivity index (χ0n) is 44.5. The van der Waals surface area contributed by atoms with E-state index in [1.165, 1.54) is 60.5 Å². The van der Waals surface area contributed by atoms with Gasteiger partial charge in [-0.3, -0.25) is 37.8 Å². The number of fused-ring (bicyclic) bond motifs is 2. The maximum atomic E-state index is 13.5. The Bertz CT molecular complexity index is 3890. The Hall–Kier alpha value is -8.06. The molecule has 2 fully saturated rings. The number of carbonyl (C=O) groups is 2. The summed E-state index contributed by atoms with van der Waals surface area (Å²) in [5.41, 5.74) is 2.74. The SMILES string of the molecule is CNC(=O)[C@@H]1CCC[C@H]1Cn1cnc2ccc(-c3cnc(OC)c(NS(=O)(=O)c4ccc(F)cc4Cl)c3)cc2c1=O.CNC(=O)[C@H]1CCC[C@@H]1Cn1cnc2ccc(-c3cnc(OC)c(NS(=O)(=O)c4ccc(F)cc4Cl)c3)cc2c1=O. The zero-order valence-corrected chi connectivity index (χ0v) is 47.6. The summed E-state index contributed by atoms with van der Waals surface area (Å²) in [6, 6.07) is 19.2. The summed E-state index contributed by atoms with van der Waals surface area (Å²) in [4.78, 5) is 68.2. The lowest BCUT2D eigenvalue weighted by atomic mass is 9.95. The van der Waals surface area contributed by atoms with E-state index in [0.717, 1.165) is 74.9 Å². The first-order valence-electron chi connectivity index (χ1n) is 25.7. The molecule has 8 aromatic rings. The third kappa shape index (κ3) is 12.5. The van der Waals surface area contributed by atoms with Crippen LogP contribution < -0.4 is 40.7 Å². The summed E-state index contributed by atoms with van der Waals surface area (Å²) in [5.74, 6) is -1.60. The number of amides is 2. The molecule has 20 nitrogen and oxygen atoms in total. The average Bonchev–Trinajstić information content (AvgIpc) is 4.26. The largest absolute Gasteiger partial charge is 0.480 e. The summed E-state index contributed by atoms with van der Waals surface area (Å²) in [6.45, 7) is 0.762. The van der Waals surface area contributed by atoms with Crippen LogP contribution in [0.25, 0.3) is 44.1 Å². The lowest BCUT2D eigenvalue weighted by molar-refractivity contribution is -0.126. The molecule has 26 heteroatoms. The van der Waals surface area contributed by atoms with Gasteiger partial charge in [-0.05, 0) is 121 Å². The molecule has 0 saturated heterocycles. The minimum absolute atomic E-state index is 0.00241. The number of sulfonamides is 2. The van der Waals surface area contributed by atoms with E-state index in [-0.39, 0.29) is 89.6 Å². The van der Waals surface area contributed by atoms with Crippen LogP contribution in [-0.2, 0) is 42.7 Å². The number of aromatic nitrogens is 6. The van der Waals surface area contributed by atoms with Crippen molar-refractivity contribution in [3.8, 4) is 34.0 Å². The number of halogens is 4. The summed E-state index contributed by atoms with van der Waals surface area (Å²) in [5, 5.41) is 5.61. The third-order valence-corrected chi connectivity index (χ3v) is 18.3. The molecule has 4 N–H and O–H groups in total. The number of rotatable bonds is 16. The molecular weight excluding hydrogens is 1150 g/mol. The van der Waals surface area contributed by atoms with Gasteiger partial charge in [0.05, 0.1) is 58.7 Å². The molecule has 0 aliphatic heterocycles. The highest BCUT2D eigenvalue weighted by Gasteiger charge is 2.34. The molecule has 10 rings (SSSR count). The van der Waals surface area contributed by atoms with Gasteiger partial charge < -0.3 is 20.1 Å². The topological polar surface area (TPSA) is 265 Å². The van der Waals surface area contributed by atoms with Gasteiger partial charge in [0.2, 0.25) is 23.6 Å². The third-order valence-electron chi connectivity index (χ3n) is 14.6. The number of hydrogen-bond donors (Lipinski definition) is 4. The van der Waals surface area contributed by atoms with Gasteiger partial charge in [0.1, 0.15) is 32.8 Å². The van der Waals surface area contributed by atoms with E-state index in [1.807, 2.05) is 0 Å². The van der Waals surface area contributed by atoms with E-state index in [4.69, 9.17) is 32.7 Å². The molecule has 0 unspecified atom stereocenters. The van der Waals surface area contributed by atoms with Crippen LogP contribution in [0.3, 0.4) is 0 Å². The number of nitrogens with zero attached hydrogens (tertiary/aromatic N) is 6. The zero-order chi connectivity index (χ0) is 58.6. The molecule has 0 bridgehead atoms. The molecule has 4 atom stereocenters. The molecule has 4 aromatic heterocycles. The van der Waals surface area contributed by atoms with Crippen molar-refractivity contribution in [1.82, 2.24) is 39.7 Å². The highest BCUT2D eigenvalue weighted by molar-refractivity contribution is 7.93. The lowest BCUT2D eigenvalue weighted by Crippen LogP contribution is -2.33. The molecule has 0 radical (unpaired) electrons. The maximum Gasteiger partial charge on any atom is 0.263 e. The van der Waals surface area contributed by atoms with Gasteiger partial charge in [-0.1, -0.05) is 48.2 Å². The van der Waals surface area contributed by atoms with Gasteiger partial charge in [-0.25, -0.2) is 45.6 Å². The van der Waals surface area contributed by atoms with E-state index in [2.05, 4.69) is 40.0 Å². The standard InChI is InChI=1S/2C28H27ClFN5O5S/c2*1-31-26(36)20-5-3-4-17(20)14-35-15-33-23-8-6-16(10-21(23)28(35)37)18-11-24(27(40-2)32-13-18)34-41(38,39)25-9-7-19(30)12-22(25)29/h2*6-13,15,17,20,34H,3-5,14H2,1-2H3,(H,31,36)/t2*17-,20+/m10/s1. The molecule has 2 aliphatic carbocycles. The lowest BCUT2D eigenvalue weighted by Gasteiger charge is -2.19. The monoisotopic (exact) mass is 1200 g/mol. The van der Waals surface area contributed by atoms with E-state index in [1.54, 1.807) is 50.5 Å². The Labute approximate surface area is 479 Å². The normalized spacial score (nSPS) is 17.0.